The molecule has 1 N–H and O–H groups in total. The average molecular weight is 387 g/mol. The van der Waals surface area contributed by atoms with E-state index in [0.717, 1.165) is 24.2 Å². The van der Waals surface area contributed by atoms with Crippen LogP contribution in [0, 0.1) is 0 Å². The van der Waals surface area contributed by atoms with Crippen molar-refractivity contribution in [2.24, 2.45) is 0 Å². The fourth-order valence-corrected chi connectivity index (χ4v) is 3.69. The summed E-state index contributed by atoms with van der Waals surface area (Å²) < 4.78 is 1.56. The summed E-state index contributed by atoms with van der Waals surface area (Å²) in [5.41, 5.74) is 3.15. The minimum atomic E-state index is -0.346. The number of hydrogen-bond acceptors (Lipinski definition) is 3. The summed E-state index contributed by atoms with van der Waals surface area (Å²) in [4.78, 5) is 27.7. The van der Waals surface area contributed by atoms with Crippen LogP contribution in [-0.2, 0) is 13.1 Å². The Bertz CT molecular complexity index is 1020. The first-order valence-corrected chi connectivity index (χ1v) is 10.1. The van der Waals surface area contributed by atoms with Crippen LogP contribution in [0.25, 0.3) is 0 Å². The van der Waals surface area contributed by atoms with E-state index in [9.17, 15) is 9.59 Å². The van der Waals surface area contributed by atoms with Gasteiger partial charge in [-0.2, -0.15) is 0 Å². The van der Waals surface area contributed by atoms with E-state index in [1.165, 1.54) is 18.5 Å². The van der Waals surface area contributed by atoms with Gasteiger partial charge in [-0.05, 0) is 48.2 Å². The second-order valence-corrected chi connectivity index (χ2v) is 7.38. The van der Waals surface area contributed by atoms with Crippen LogP contribution in [0.15, 0.2) is 77.7 Å². The van der Waals surface area contributed by atoms with Crippen molar-refractivity contribution >= 4 is 11.6 Å². The monoisotopic (exact) mass is 387 g/mol. The Labute approximate surface area is 170 Å². The van der Waals surface area contributed by atoms with Gasteiger partial charge >= 0.3 is 0 Å². The van der Waals surface area contributed by atoms with Gasteiger partial charge in [-0.25, -0.2) is 0 Å². The van der Waals surface area contributed by atoms with Crippen LogP contribution in [0.1, 0.15) is 34.3 Å². The van der Waals surface area contributed by atoms with Crippen LogP contribution in [0.4, 0.5) is 5.69 Å². The maximum atomic E-state index is 12.7. The van der Waals surface area contributed by atoms with Crippen molar-refractivity contribution < 1.29 is 4.79 Å². The Morgan fingerprint density at radius 1 is 0.862 bits per heavy atom. The van der Waals surface area contributed by atoms with E-state index in [1.807, 2.05) is 42.5 Å². The topological polar surface area (TPSA) is 54.3 Å². The van der Waals surface area contributed by atoms with Gasteiger partial charge in [0.2, 0.25) is 0 Å². The third-order valence-corrected chi connectivity index (χ3v) is 5.32. The molecule has 1 aliphatic rings. The first-order valence-electron chi connectivity index (χ1n) is 10.1. The van der Waals surface area contributed by atoms with Gasteiger partial charge in [0.25, 0.3) is 11.5 Å². The van der Waals surface area contributed by atoms with Crippen molar-refractivity contribution in [3.63, 3.8) is 0 Å². The van der Waals surface area contributed by atoms with E-state index < -0.39 is 0 Å². The Balaban J connectivity index is 1.40. The number of pyridine rings is 1. The molecular weight excluding hydrogens is 362 g/mol. The highest BCUT2D eigenvalue weighted by Gasteiger charge is 2.13. The molecule has 0 unspecified atom stereocenters. The number of amides is 1. The van der Waals surface area contributed by atoms with E-state index in [4.69, 9.17) is 0 Å². The highest BCUT2D eigenvalue weighted by Crippen LogP contribution is 2.20. The summed E-state index contributed by atoms with van der Waals surface area (Å²) in [7, 11) is 0. The summed E-state index contributed by atoms with van der Waals surface area (Å²) in [6.45, 7) is 3.06. The number of anilines is 1. The Morgan fingerprint density at radius 3 is 2.31 bits per heavy atom. The second-order valence-electron chi connectivity index (χ2n) is 7.38. The highest BCUT2D eigenvalue weighted by molar-refractivity contribution is 5.93. The maximum Gasteiger partial charge on any atom is 0.263 e. The lowest BCUT2D eigenvalue weighted by Gasteiger charge is -2.17. The molecule has 1 saturated heterocycles. The van der Waals surface area contributed by atoms with Crippen molar-refractivity contribution in [1.29, 1.82) is 0 Å². The van der Waals surface area contributed by atoms with Crippen LogP contribution in [0.2, 0.25) is 0 Å². The smallest absolute Gasteiger partial charge is 0.263 e. The number of rotatable bonds is 6. The number of nitrogens with zero attached hydrogens (tertiary/aromatic N) is 2. The standard InChI is InChI=1S/C24H25N3O2/c28-23(25-17-19-10-12-21(13-11-19)26-14-4-5-15-26)22-9-6-16-27(24(22)29)18-20-7-2-1-3-8-20/h1-3,6-13,16H,4-5,14-15,17-18H2,(H,25,28). The van der Waals surface area contributed by atoms with Gasteiger partial charge in [0, 0.05) is 31.5 Å². The minimum absolute atomic E-state index is 0.164. The summed E-state index contributed by atoms with van der Waals surface area (Å²) in [6, 6.07) is 21.3. The molecule has 3 aromatic rings. The third-order valence-electron chi connectivity index (χ3n) is 5.32. The largest absolute Gasteiger partial charge is 0.372 e. The minimum Gasteiger partial charge on any atom is -0.372 e. The number of carbonyl (C=O) groups is 1. The van der Waals surface area contributed by atoms with Crippen LogP contribution >= 0.6 is 0 Å². The first kappa shape index (κ1) is 19.0. The Kier molecular flexibility index (Phi) is 5.75. The molecule has 0 saturated carbocycles. The molecule has 0 radical (unpaired) electrons. The predicted molar refractivity (Wildman–Crippen MR) is 115 cm³/mol. The van der Waals surface area contributed by atoms with E-state index in [2.05, 4.69) is 22.3 Å². The fourth-order valence-electron chi connectivity index (χ4n) is 3.69. The molecule has 5 nitrogen and oxygen atoms in total. The van der Waals surface area contributed by atoms with Gasteiger partial charge in [-0.15, -0.1) is 0 Å². The maximum absolute atomic E-state index is 12.7. The molecule has 148 valence electrons. The molecule has 1 aliphatic heterocycles. The SMILES string of the molecule is O=C(NCc1ccc(N2CCCC2)cc1)c1cccn(Cc2ccccc2)c1=O. The number of hydrogen-bond donors (Lipinski definition) is 1. The van der Waals surface area contributed by atoms with Crippen molar-refractivity contribution in [3.8, 4) is 0 Å². The second kappa shape index (κ2) is 8.78. The lowest BCUT2D eigenvalue weighted by Crippen LogP contribution is -2.32. The van der Waals surface area contributed by atoms with Crippen molar-refractivity contribution in [2.75, 3.05) is 18.0 Å². The van der Waals surface area contributed by atoms with Crippen LogP contribution in [0.3, 0.4) is 0 Å². The van der Waals surface area contributed by atoms with Crippen LogP contribution in [-0.4, -0.2) is 23.6 Å². The van der Waals surface area contributed by atoms with Gasteiger partial charge in [-0.1, -0.05) is 42.5 Å². The zero-order chi connectivity index (χ0) is 20.1. The Hall–Kier alpha value is -3.34. The number of carbonyl (C=O) groups excluding carboxylic acids is 1. The fraction of sp³-hybridized carbons (Fsp3) is 0.250. The van der Waals surface area contributed by atoms with Gasteiger partial charge in [0.05, 0.1) is 6.54 Å². The van der Waals surface area contributed by atoms with Crippen molar-refractivity contribution in [3.05, 3.63) is 100.0 Å². The summed E-state index contributed by atoms with van der Waals surface area (Å²) in [6.07, 6.45) is 4.20. The van der Waals surface area contributed by atoms with Gasteiger partial charge < -0.3 is 14.8 Å². The molecule has 0 aliphatic carbocycles. The summed E-state index contributed by atoms with van der Waals surface area (Å²) >= 11 is 0. The van der Waals surface area contributed by atoms with Gasteiger partial charge in [0.15, 0.2) is 0 Å². The zero-order valence-electron chi connectivity index (χ0n) is 16.4. The van der Waals surface area contributed by atoms with E-state index in [0.29, 0.717) is 13.1 Å². The van der Waals surface area contributed by atoms with Crippen molar-refractivity contribution in [2.45, 2.75) is 25.9 Å². The molecule has 4 rings (SSSR count). The molecule has 1 aromatic heterocycles. The molecule has 29 heavy (non-hydrogen) atoms. The lowest BCUT2D eigenvalue weighted by atomic mass is 10.2. The molecular formula is C24H25N3O2. The Morgan fingerprint density at radius 2 is 1.59 bits per heavy atom. The molecule has 1 amide bonds. The first-order chi connectivity index (χ1) is 14.2. The molecule has 0 bridgehead atoms. The summed E-state index contributed by atoms with van der Waals surface area (Å²) in [5.74, 6) is -0.346. The van der Waals surface area contributed by atoms with E-state index in [1.54, 1.807) is 22.9 Å². The zero-order valence-corrected chi connectivity index (χ0v) is 16.4. The molecule has 1 fully saturated rings. The quantitative estimate of drug-likeness (QED) is 0.705. The third kappa shape index (κ3) is 4.57. The van der Waals surface area contributed by atoms with E-state index >= 15 is 0 Å². The predicted octanol–water partition coefficient (Wildman–Crippen LogP) is 3.43. The summed E-state index contributed by atoms with van der Waals surface area (Å²) in [5, 5.41) is 2.87. The number of nitrogens with one attached hydrogen (secondary N) is 1. The molecule has 0 atom stereocenters. The normalized spacial score (nSPS) is 13.4. The van der Waals surface area contributed by atoms with Crippen LogP contribution < -0.4 is 15.8 Å². The van der Waals surface area contributed by atoms with Crippen molar-refractivity contribution in [1.82, 2.24) is 9.88 Å². The molecule has 5 heteroatoms. The average Bonchev–Trinajstić information content (AvgIpc) is 3.30. The highest BCUT2D eigenvalue weighted by atomic mass is 16.2. The number of benzene rings is 2. The van der Waals surface area contributed by atoms with Gasteiger partial charge in [-0.3, -0.25) is 9.59 Å². The molecule has 2 aromatic carbocycles. The number of aromatic nitrogens is 1. The molecule has 2 heterocycles. The lowest BCUT2D eigenvalue weighted by molar-refractivity contribution is 0.0949. The van der Waals surface area contributed by atoms with Gasteiger partial charge in [0.1, 0.15) is 5.56 Å². The molecule has 0 spiro atoms. The van der Waals surface area contributed by atoms with Crippen LogP contribution in [0.5, 0.6) is 0 Å². The van der Waals surface area contributed by atoms with E-state index in [-0.39, 0.29) is 17.0 Å².